The van der Waals surface area contributed by atoms with E-state index in [4.69, 9.17) is 10.5 Å². The molecule has 3 rings (SSSR count). The zero-order valence-electron chi connectivity index (χ0n) is 16.6. The van der Waals surface area contributed by atoms with Crippen molar-refractivity contribution in [2.75, 3.05) is 44.7 Å². The number of nitrogens with one attached hydrogen (secondary N) is 2. The summed E-state index contributed by atoms with van der Waals surface area (Å²) in [6.07, 6.45) is 3.64. The minimum absolute atomic E-state index is 0. The van der Waals surface area contributed by atoms with E-state index in [1.807, 2.05) is 0 Å². The van der Waals surface area contributed by atoms with E-state index in [1.165, 1.54) is 0 Å². The molecule has 1 saturated heterocycles. The summed E-state index contributed by atoms with van der Waals surface area (Å²) in [5, 5.41) is 5.88. The number of hydrogen-bond donors (Lipinski definition) is 3. The third-order valence-corrected chi connectivity index (χ3v) is 5.32. The van der Waals surface area contributed by atoms with E-state index < -0.39 is 0 Å². The van der Waals surface area contributed by atoms with Gasteiger partial charge in [0.15, 0.2) is 0 Å². The first-order valence-electron chi connectivity index (χ1n) is 9.86. The average Bonchev–Trinajstić information content (AvgIpc) is 2.69. The second kappa shape index (κ2) is 13.0. The molecule has 1 aliphatic carbocycles. The number of amides is 2. The largest absolute Gasteiger partial charge is 0.379 e. The Balaban J connectivity index is 0.00000210. The Hall–Kier alpha value is -1.38. The number of carbonyl (C=O) groups excluding carboxylic acids is 2. The molecule has 164 valence electrons. The van der Waals surface area contributed by atoms with Crippen LogP contribution in [0.1, 0.15) is 36.0 Å². The van der Waals surface area contributed by atoms with Crippen LogP contribution in [0.5, 0.6) is 0 Å². The minimum Gasteiger partial charge on any atom is -0.379 e. The summed E-state index contributed by atoms with van der Waals surface area (Å²) >= 11 is 0. The number of ether oxygens (including phenoxy) is 1. The lowest BCUT2D eigenvalue weighted by atomic mass is 9.85. The summed E-state index contributed by atoms with van der Waals surface area (Å²) in [5.41, 5.74) is 7.27. The quantitative estimate of drug-likeness (QED) is 0.621. The molecule has 1 aromatic rings. The second-order valence-corrected chi connectivity index (χ2v) is 7.40. The number of halogens is 2. The molecule has 2 unspecified atom stereocenters. The molecule has 29 heavy (non-hydrogen) atoms. The van der Waals surface area contributed by atoms with Crippen LogP contribution in [0.4, 0.5) is 5.69 Å². The molecule has 7 nitrogen and oxygen atoms in total. The minimum atomic E-state index is -0.0978. The van der Waals surface area contributed by atoms with Gasteiger partial charge in [0, 0.05) is 49.4 Å². The fourth-order valence-corrected chi connectivity index (χ4v) is 3.67. The van der Waals surface area contributed by atoms with Gasteiger partial charge in [-0.1, -0.05) is 6.42 Å². The predicted octanol–water partition coefficient (Wildman–Crippen LogP) is 2.05. The highest BCUT2D eigenvalue weighted by molar-refractivity contribution is 5.96. The van der Waals surface area contributed by atoms with Crippen molar-refractivity contribution in [3.05, 3.63) is 29.8 Å². The molecule has 2 fully saturated rings. The van der Waals surface area contributed by atoms with Crippen molar-refractivity contribution >= 4 is 42.3 Å². The molecular formula is C20H32Cl2N4O3. The van der Waals surface area contributed by atoms with Crippen molar-refractivity contribution in [1.82, 2.24) is 10.2 Å². The van der Waals surface area contributed by atoms with Gasteiger partial charge >= 0.3 is 0 Å². The molecular weight excluding hydrogens is 415 g/mol. The van der Waals surface area contributed by atoms with Gasteiger partial charge in [0.05, 0.1) is 13.2 Å². The zero-order chi connectivity index (χ0) is 19.1. The topological polar surface area (TPSA) is 96.7 Å². The van der Waals surface area contributed by atoms with Gasteiger partial charge in [0.25, 0.3) is 5.91 Å². The first kappa shape index (κ1) is 25.7. The van der Waals surface area contributed by atoms with Crippen molar-refractivity contribution in [3.8, 4) is 0 Å². The SMILES string of the molecule is Cl.Cl.NC1CCCC(C(=O)Nc2ccc(C(=O)NCCN3CCOCC3)cc2)C1. The summed E-state index contributed by atoms with van der Waals surface area (Å²) in [4.78, 5) is 26.9. The Morgan fingerprint density at radius 3 is 2.45 bits per heavy atom. The highest BCUT2D eigenvalue weighted by Crippen LogP contribution is 2.24. The van der Waals surface area contributed by atoms with Gasteiger partial charge in [0.2, 0.25) is 5.91 Å². The van der Waals surface area contributed by atoms with Crippen LogP contribution in [0.3, 0.4) is 0 Å². The monoisotopic (exact) mass is 446 g/mol. The van der Waals surface area contributed by atoms with E-state index in [9.17, 15) is 9.59 Å². The molecule has 2 atom stereocenters. The van der Waals surface area contributed by atoms with Crippen LogP contribution in [-0.2, 0) is 9.53 Å². The van der Waals surface area contributed by atoms with Crippen LogP contribution < -0.4 is 16.4 Å². The van der Waals surface area contributed by atoms with Crippen molar-refractivity contribution < 1.29 is 14.3 Å². The maximum Gasteiger partial charge on any atom is 0.251 e. The number of nitrogens with zero attached hydrogens (tertiary/aromatic N) is 1. The Labute approximate surface area is 184 Å². The molecule has 9 heteroatoms. The van der Waals surface area contributed by atoms with Crippen molar-refractivity contribution in [2.45, 2.75) is 31.7 Å². The zero-order valence-corrected chi connectivity index (χ0v) is 18.2. The maximum absolute atomic E-state index is 12.4. The lowest BCUT2D eigenvalue weighted by molar-refractivity contribution is -0.120. The second-order valence-electron chi connectivity index (χ2n) is 7.40. The number of anilines is 1. The van der Waals surface area contributed by atoms with Crippen LogP contribution in [0.15, 0.2) is 24.3 Å². The maximum atomic E-state index is 12.4. The van der Waals surface area contributed by atoms with Gasteiger partial charge in [-0.15, -0.1) is 24.8 Å². The van der Waals surface area contributed by atoms with Gasteiger partial charge in [-0.3, -0.25) is 14.5 Å². The van der Waals surface area contributed by atoms with E-state index in [1.54, 1.807) is 24.3 Å². The summed E-state index contributed by atoms with van der Waals surface area (Å²) in [7, 11) is 0. The molecule has 1 aliphatic heterocycles. The molecule has 0 aromatic heterocycles. The first-order chi connectivity index (χ1) is 13.1. The number of nitrogens with two attached hydrogens (primary N) is 1. The molecule has 2 amide bonds. The molecule has 0 radical (unpaired) electrons. The number of rotatable bonds is 6. The average molecular weight is 447 g/mol. The molecule has 0 spiro atoms. The Morgan fingerprint density at radius 2 is 1.79 bits per heavy atom. The number of carbonyl (C=O) groups is 2. The molecule has 1 aromatic carbocycles. The van der Waals surface area contributed by atoms with Crippen LogP contribution in [-0.4, -0.2) is 62.1 Å². The highest BCUT2D eigenvalue weighted by Gasteiger charge is 2.25. The number of morpholine rings is 1. The Bertz CT molecular complexity index is 639. The third-order valence-electron chi connectivity index (χ3n) is 5.32. The predicted molar refractivity (Wildman–Crippen MR) is 119 cm³/mol. The van der Waals surface area contributed by atoms with E-state index in [0.717, 1.165) is 58.5 Å². The standard InChI is InChI=1S/C20H30N4O3.2ClH/c21-17-3-1-2-16(14-17)20(26)23-18-6-4-15(5-7-18)19(25)22-8-9-24-10-12-27-13-11-24;;/h4-7,16-17H,1-3,8-14,21H2,(H,22,25)(H,23,26);2*1H. The number of benzene rings is 1. The first-order valence-corrected chi connectivity index (χ1v) is 9.86. The van der Waals surface area contributed by atoms with Gasteiger partial charge in [-0.2, -0.15) is 0 Å². The molecule has 1 saturated carbocycles. The molecule has 1 heterocycles. The van der Waals surface area contributed by atoms with Crippen molar-refractivity contribution in [1.29, 1.82) is 0 Å². The lowest BCUT2D eigenvalue weighted by Crippen LogP contribution is -2.41. The van der Waals surface area contributed by atoms with Crippen LogP contribution >= 0.6 is 24.8 Å². The summed E-state index contributed by atoms with van der Waals surface area (Å²) in [6.45, 7) is 4.78. The summed E-state index contributed by atoms with van der Waals surface area (Å²) in [6, 6.07) is 7.16. The third kappa shape index (κ3) is 8.10. The van der Waals surface area contributed by atoms with Crippen LogP contribution in [0.25, 0.3) is 0 Å². The van der Waals surface area contributed by atoms with E-state index >= 15 is 0 Å². The smallest absolute Gasteiger partial charge is 0.251 e. The highest BCUT2D eigenvalue weighted by atomic mass is 35.5. The Kier molecular flexibility index (Phi) is 11.5. The van der Waals surface area contributed by atoms with E-state index in [0.29, 0.717) is 17.8 Å². The fraction of sp³-hybridized carbons (Fsp3) is 0.600. The van der Waals surface area contributed by atoms with Crippen molar-refractivity contribution in [3.63, 3.8) is 0 Å². The van der Waals surface area contributed by atoms with Crippen LogP contribution in [0.2, 0.25) is 0 Å². The Morgan fingerprint density at radius 1 is 1.10 bits per heavy atom. The summed E-state index contributed by atoms with van der Waals surface area (Å²) < 4.78 is 5.31. The van der Waals surface area contributed by atoms with E-state index in [-0.39, 0.29) is 48.6 Å². The summed E-state index contributed by atoms with van der Waals surface area (Å²) in [5.74, 6) is -0.0934. The van der Waals surface area contributed by atoms with Gasteiger partial charge in [0.1, 0.15) is 0 Å². The van der Waals surface area contributed by atoms with Gasteiger partial charge < -0.3 is 21.1 Å². The molecule has 4 N–H and O–H groups in total. The lowest BCUT2D eigenvalue weighted by Gasteiger charge is -2.26. The molecule has 0 bridgehead atoms. The van der Waals surface area contributed by atoms with Gasteiger partial charge in [-0.25, -0.2) is 0 Å². The van der Waals surface area contributed by atoms with E-state index in [2.05, 4.69) is 15.5 Å². The normalized spacial score (nSPS) is 22.0. The van der Waals surface area contributed by atoms with Crippen molar-refractivity contribution in [2.24, 2.45) is 11.7 Å². The molecule has 2 aliphatic rings. The van der Waals surface area contributed by atoms with Gasteiger partial charge in [-0.05, 0) is 43.5 Å². The fourth-order valence-electron chi connectivity index (χ4n) is 3.67. The van der Waals surface area contributed by atoms with Crippen LogP contribution in [0, 0.1) is 5.92 Å². The number of hydrogen-bond acceptors (Lipinski definition) is 5.